The van der Waals surface area contributed by atoms with Gasteiger partial charge in [-0.05, 0) is 27.8 Å². The van der Waals surface area contributed by atoms with Crippen molar-refractivity contribution in [2.45, 2.75) is 0 Å². The van der Waals surface area contributed by atoms with Gasteiger partial charge in [-0.1, -0.05) is 60.1 Å². The third kappa shape index (κ3) is 1.72. The highest BCUT2D eigenvalue weighted by molar-refractivity contribution is 6.38. The van der Waals surface area contributed by atoms with E-state index in [1.165, 1.54) is 0 Å². The average Bonchev–Trinajstić information content (AvgIpc) is 2.95. The topological polar surface area (TPSA) is 38.9 Å². The fraction of sp³-hybridized carbons (Fsp3) is 0. The van der Waals surface area contributed by atoms with Gasteiger partial charge >= 0.3 is 0 Å². The van der Waals surface area contributed by atoms with Crippen LogP contribution in [0.5, 0.6) is 0 Å². The van der Waals surface area contributed by atoms with Gasteiger partial charge in [0.1, 0.15) is 11.1 Å². The minimum atomic E-state index is 0.113. The summed E-state index contributed by atoms with van der Waals surface area (Å²) in [6, 6.07) is 16.3. The summed E-state index contributed by atoms with van der Waals surface area (Å²) in [4.78, 5) is 8.34. The highest BCUT2D eigenvalue weighted by Gasteiger charge is 2.19. The first kappa shape index (κ1) is 13.1. The van der Waals surface area contributed by atoms with Crippen LogP contribution in [0, 0.1) is 0 Å². The second kappa shape index (κ2) is 4.57. The molecule has 0 saturated carbocycles. The quantitative estimate of drug-likeness (QED) is 0.198. The molecule has 3 nitrogen and oxygen atoms in total. The molecule has 2 heterocycles. The molecule has 5 rings (SSSR count). The number of aromatic nitrogens is 2. The Kier molecular flexibility index (Phi) is 2.61. The molecule has 5 aromatic rings. The number of nitrogens with zero attached hydrogens (tertiary/aromatic N) is 2. The normalized spacial score (nSPS) is 11.9. The van der Waals surface area contributed by atoms with Crippen LogP contribution in [0.4, 0.5) is 0 Å². The van der Waals surface area contributed by atoms with Crippen molar-refractivity contribution in [2.75, 3.05) is 0 Å². The Morgan fingerprint density at radius 1 is 0.696 bits per heavy atom. The average molecular weight is 339 g/mol. The highest BCUT2D eigenvalue weighted by atomic mass is 35.5. The standard InChI is InChI=1S/C18H8Cl2N2O/c19-17-16-14(21-18(20)22-17)13-11-7-3-1-5-9(11)10-6-2-4-8-12(10)15(13)23-16/h1-8H. The van der Waals surface area contributed by atoms with E-state index in [4.69, 9.17) is 27.6 Å². The molecule has 0 aliphatic heterocycles. The number of hydrogen-bond donors (Lipinski definition) is 0. The predicted octanol–water partition coefficient (Wildman–Crippen LogP) is 5.99. The van der Waals surface area contributed by atoms with E-state index in [1.54, 1.807) is 0 Å². The first-order valence-corrected chi connectivity index (χ1v) is 7.84. The van der Waals surface area contributed by atoms with Crippen LogP contribution in [0.3, 0.4) is 0 Å². The van der Waals surface area contributed by atoms with Crippen molar-refractivity contribution in [1.82, 2.24) is 9.97 Å². The van der Waals surface area contributed by atoms with Gasteiger partial charge in [0.15, 0.2) is 10.7 Å². The molecule has 0 N–H and O–H groups in total. The van der Waals surface area contributed by atoms with Gasteiger partial charge in [-0.3, -0.25) is 0 Å². The fourth-order valence-corrected chi connectivity index (χ4v) is 3.63. The minimum Gasteiger partial charge on any atom is -0.450 e. The maximum Gasteiger partial charge on any atom is 0.224 e. The fourth-order valence-electron chi connectivity index (χ4n) is 3.21. The van der Waals surface area contributed by atoms with Crippen molar-refractivity contribution in [3.8, 4) is 0 Å². The lowest BCUT2D eigenvalue weighted by Gasteiger charge is -2.05. The van der Waals surface area contributed by atoms with E-state index in [-0.39, 0.29) is 10.4 Å². The summed E-state index contributed by atoms with van der Waals surface area (Å²) in [5.74, 6) is 0. The Balaban J connectivity index is 2.22. The van der Waals surface area contributed by atoms with Crippen molar-refractivity contribution in [3.05, 3.63) is 59.0 Å². The molecule has 5 heteroatoms. The smallest absolute Gasteiger partial charge is 0.224 e. The van der Waals surface area contributed by atoms with Crippen molar-refractivity contribution >= 4 is 66.8 Å². The molecule has 3 aromatic carbocycles. The summed E-state index contributed by atoms with van der Waals surface area (Å²) >= 11 is 12.2. The number of furan rings is 1. The molecule has 2 aromatic heterocycles. The van der Waals surface area contributed by atoms with Crippen LogP contribution in [0.15, 0.2) is 52.9 Å². The van der Waals surface area contributed by atoms with Crippen molar-refractivity contribution in [2.24, 2.45) is 0 Å². The van der Waals surface area contributed by atoms with Crippen LogP contribution in [-0.2, 0) is 0 Å². The van der Waals surface area contributed by atoms with Crippen LogP contribution in [0.1, 0.15) is 0 Å². The predicted molar refractivity (Wildman–Crippen MR) is 94.3 cm³/mol. The lowest BCUT2D eigenvalue weighted by molar-refractivity contribution is 0.669. The molecular weight excluding hydrogens is 331 g/mol. The molecule has 0 unspecified atom stereocenters. The number of hydrogen-bond acceptors (Lipinski definition) is 3. The molecule has 0 amide bonds. The Hall–Kier alpha value is -2.36. The number of rotatable bonds is 0. The van der Waals surface area contributed by atoms with E-state index in [0.717, 1.165) is 32.5 Å². The molecule has 0 aliphatic carbocycles. The summed E-state index contributed by atoms with van der Waals surface area (Å²) < 4.78 is 6.04. The molecule has 0 fully saturated rings. The van der Waals surface area contributed by atoms with Gasteiger partial charge in [0, 0.05) is 5.39 Å². The third-order valence-electron chi connectivity index (χ3n) is 4.12. The molecule has 110 valence electrons. The lowest BCUT2D eigenvalue weighted by Crippen LogP contribution is -1.84. The van der Waals surface area contributed by atoms with Gasteiger partial charge in [-0.15, -0.1) is 0 Å². The number of halogens is 2. The van der Waals surface area contributed by atoms with E-state index in [0.29, 0.717) is 11.1 Å². The monoisotopic (exact) mass is 338 g/mol. The van der Waals surface area contributed by atoms with Crippen molar-refractivity contribution in [1.29, 1.82) is 0 Å². The number of fused-ring (bicyclic) bond motifs is 8. The maximum atomic E-state index is 6.21. The molecule has 23 heavy (non-hydrogen) atoms. The Bertz CT molecular complexity index is 1240. The van der Waals surface area contributed by atoms with Gasteiger partial charge in [-0.25, -0.2) is 9.97 Å². The van der Waals surface area contributed by atoms with Gasteiger partial charge in [0.2, 0.25) is 5.28 Å². The summed E-state index contributed by atoms with van der Waals surface area (Å²) in [7, 11) is 0. The number of benzene rings is 3. The van der Waals surface area contributed by atoms with E-state index < -0.39 is 0 Å². The van der Waals surface area contributed by atoms with Crippen LogP contribution in [-0.4, -0.2) is 9.97 Å². The van der Waals surface area contributed by atoms with Crippen LogP contribution < -0.4 is 0 Å². The molecule has 0 saturated heterocycles. The summed E-state index contributed by atoms with van der Waals surface area (Å²) in [5, 5.41) is 5.61. The second-order valence-corrected chi connectivity index (χ2v) is 6.05. The van der Waals surface area contributed by atoms with E-state index >= 15 is 0 Å². The van der Waals surface area contributed by atoms with Crippen LogP contribution in [0.25, 0.3) is 43.6 Å². The largest absolute Gasteiger partial charge is 0.450 e. The SMILES string of the molecule is Clc1nc(Cl)c2oc3c4ccccc4c4ccccc4c3c2n1. The van der Waals surface area contributed by atoms with Gasteiger partial charge < -0.3 is 4.42 Å². The Morgan fingerprint density at radius 2 is 1.30 bits per heavy atom. The van der Waals surface area contributed by atoms with Gasteiger partial charge in [0.05, 0.1) is 5.39 Å². The first-order chi connectivity index (χ1) is 11.2. The molecule has 0 spiro atoms. The zero-order valence-electron chi connectivity index (χ0n) is 11.7. The Morgan fingerprint density at radius 3 is 2.04 bits per heavy atom. The van der Waals surface area contributed by atoms with Gasteiger partial charge in [-0.2, -0.15) is 0 Å². The van der Waals surface area contributed by atoms with Crippen LogP contribution in [0.2, 0.25) is 10.4 Å². The minimum absolute atomic E-state index is 0.113. The lowest BCUT2D eigenvalue weighted by atomic mass is 9.98. The summed E-state index contributed by atoms with van der Waals surface area (Å²) in [5.41, 5.74) is 1.87. The van der Waals surface area contributed by atoms with E-state index in [1.807, 2.05) is 30.3 Å². The molecule has 0 bridgehead atoms. The van der Waals surface area contributed by atoms with E-state index in [2.05, 4.69) is 28.2 Å². The maximum absolute atomic E-state index is 6.21. The molecule has 0 aliphatic rings. The highest BCUT2D eigenvalue weighted by Crippen LogP contribution is 2.41. The second-order valence-electron chi connectivity index (χ2n) is 5.36. The van der Waals surface area contributed by atoms with Crippen molar-refractivity contribution in [3.63, 3.8) is 0 Å². The molecule has 0 radical (unpaired) electrons. The van der Waals surface area contributed by atoms with Crippen molar-refractivity contribution < 1.29 is 4.42 Å². The van der Waals surface area contributed by atoms with Gasteiger partial charge in [0.25, 0.3) is 0 Å². The zero-order valence-corrected chi connectivity index (χ0v) is 13.2. The van der Waals surface area contributed by atoms with E-state index in [9.17, 15) is 0 Å². The third-order valence-corrected chi connectivity index (χ3v) is 4.55. The summed E-state index contributed by atoms with van der Waals surface area (Å²) in [6.07, 6.45) is 0. The summed E-state index contributed by atoms with van der Waals surface area (Å²) in [6.45, 7) is 0. The first-order valence-electron chi connectivity index (χ1n) is 7.09. The zero-order chi connectivity index (χ0) is 15.6. The van der Waals surface area contributed by atoms with Crippen LogP contribution >= 0.6 is 23.2 Å². The molecule has 0 atom stereocenters. The molecular formula is C18H8Cl2N2O. The Labute approximate surface area is 140 Å².